The molecule has 0 radical (unpaired) electrons. The normalized spacial score (nSPS) is 11.2. The minimum atomic E-state index is -0.267. The maximum absolute atomic E-state index is 13.0. The average Bonchev–Trinajstić information content (AvgIpc) is 2.76. The highest BCUT2D eigenvalue weighted by Gasteiger charge is 2.14. The molecule has 0 atom stereocenters. The van der Waals surface area contributed by atoms with Crippen LogP contribution in [0.15, 0.2) is 24.3 Å². The number of aromatic nitrogens is 4. The first-order valence-corrected chi connectivity index (χ1v) is 6.59. The molecule has 0 bridgehead atoms. The Bertz CT molecular complexity index is 861. The van der Waals surface area contributed by atoms with Crippen LogP contribution in [0.3, 0.4) is 0 Å². The van der Waals surface area contributed by atoms with Crippen molar-refractivity contribution in [2.45, 2.75) is 13.8 Å². The van der Waals surface area contributed by atoms with Crippen LogP contribution in [-0.2, 0) is 7.05 Å². The minimum Gasteiger partial charge on any atom is -0.255 e. The van der Waals surface area contributed by atoms with Crippen molar-refractivity contribution in [1.29, 1.82) is 0 Å². The highest BCUT2D eigenvalue weighted by Crippen LogP contribution is 2.23. The summed E-state index contributed by atoms with van der Waals surface area (Å²) < 4.78 is 17.0. The van der Waals surface area contributed by atoms with E-state index in [0.717, 1.165) is 28.0 Å². The summed E-state index contributed by atoms with van der Waals surface area (Å²) in [6, 6.07) is 6.22. The predicted octanol–water partition coefficient (Wildman–Crippen LogP) is 3.24. The third-order valence-electron chi connectivity index (χ3n) is 3.35. The Kier molecular flexibility index (Phi) is 2.90. The van der Waals surface area contributed by atoms with Gasteiger partial charge in [0.05, 0.1) is 17.1 Å². The Hall–Kier alpha value is -2.08. The fourth-order valence-corrected chi connectivity index (χ4v) is 2.58. The van der Waals surface area contributed by atoms with E-state index in [2.05, 4.69) is 10.2 Å². The van der Waals surface area contributed by atoms with Gasteiger partial charge in [0.2, 0.25) is 0 Å². The zero-order valence-corrected chi connectivity index (χ0v) is 12.2. The maximum Gasteiger partial charge on any atom is 0.150 e. The summed E-state index contributed by atoms with van der Waals surface area (Å²) in [7, 11) is 1.81. The Labute approximate surface area is 120 Å². The number of hydrogen-bond acceptors (Lipinski definition) is 3. The number of halogens is 1. The molecule has 6 heteroatoms. The van der Waals surface area contributed by atoms with E-state index in [0.29, 0.717) is 4.64 Å². The van der Waals surface area contributed by atoms with E-state index in [-0.39, 0.29) is 5.82 Å². The number of nitrogens with zero attached hydrogens (tertiary/aromatic N) is 4. The van der Waals surface area contributed by atoms with Gasteiger partial charge in [0, 0.05) is 12.4 Å². The van der Waals surface area contributed by atoms with Gasteiger partial charge in [0.15, 0.2) is 4.64 Å². The van der Waals surface area contributed by atoms with Gasteiger partial charge in [0.25, 0.3) is 0 Å². The van der Waals surface area contributed by atoms with E-state index in [1.54, 1.807) is 28.5 Å². The molecule has 0 unspecified atom stereocenters. The molecule has 3 aromatic rings. The third kappa shape index (κ3) is 1.84. The van der Waals surface area contributed by atoms with Gasteiger partial charge in [-0.15, -0.1) is 0 Å². The van der Waals surface area contributed by atoms with Gasteiger partial charge in [0.1, 0.15) is 11.3 Å². The van der Waals surface area contributed by atoms with Crippen LogP contribution in [0.25, 0.3) is 16.6 Å². The van der Waals surface area contributed by atoms with E-state index in [1.165, 1.54) is 12.1 Å². The molecule has 3 rings (SSSR count). The highest BCUT2D eigenvalue weighted by molar-refractivity contribution is 7.71. The second-order valence-electron chi connectivity index (χ2n) is 4.71. The summed E-state index contributed by atoms with van der Waals surface area (Å²) in [5, 5.41) is 9.90. The first-order chi connectivity index (χ1) is 9.49. The summed E-state index contributed by atoms with van der Waals surface area (Å²) in [5.74, 6) is -0.267. The largest absolute Gasteiger partial charge is 0.255 e. The molecule has 0 saturated heterocycles. The number of benzene rings is 1. The van der Waals surface area contributed by atoms with Gasteiger partial charge in [-0.2, -0.15) is 10.2 Å². The summed E-state index contributed by atoms with van der Waals surface area (Å²) in [4.78, 5) is 0. The van der Waals surface area contributed by atoms with Crippen LogP contribution in [0.2, 0.25) is 0 Å². The van der Waals surface area contributed by atoms with E-state index < -0.39 is 0 Å². The molecule has 0 aliphatic carbocycles. The van der Waals surface area contributed by atoms with Gasteiger partial charge in [-0.05, 0) is 38.1 Å². The van der Waals surface area contributed by atoms with Crippen LogP contribution in [-0.4, -0.2) is 19.6 Å². The van der Waals surface area contributed by atoms with E-state index in [4.69, 9.17) is 12.2 Å². The lowest BCUT2D eigenvalue weighted by atomic mass is 10.2. The first kappa shape index (κ1) is 12.9. The predicted molar refractivity (Wildman–Crippen MR) is 78.1 cm³/mol. The molecule has 0 aliphatic rings. The van der Waals surface area contributed by atoms with Crippen LogP contribution in [0.1, 0.15) is 11.4 Å². The second kappa shape index (κ2) is 4.49. The Morgan fingerprint density at radius 3 is 2.40 bits per heavy atom. The highest BCUT2D eigenvalue weighted by atomic mass is 32.1. The molecule has 0 aliphatic heterocycles. The van der Waals surface area contributed by atoms with Crippen molar-refractivity contribution in [3.63, 3.8) is 0 Å². The fraction of sp³-hybridized carbons (Fsp3) is 0.214. The lowest BCUT2D eigenvalue weighted by molar-refractivity contribution is 0.627. The van der Waals surface area contributed by atoms with Crippen LogP contribution >= 0.6 is 12.2 Å². The molecule has 0 fully saturated rings. The molecule has 2 aromatic heterocycles. The van der Waals surface area contributed by atoms with Crippen molar-refractivity contribution in [2.24, 2.45) is 7.05 Å². The number of hydrogen-bond donors (Lipinski definition) is 0. The minimum absolute atomic E-state index is 0.267. The molecule has 0 N–H and O–H groups in total. The molecule has 102 valence electrons. The number of aryl methyl sites for hydroxylation is 3. The molecule has 0 amide bonds. The monoisotopic (exact) mass is 288 g/mol. The summed E-state index contributed by atoms with van der Waals surface area (Å²) in [6.07, 6.45) is 0. The average molecular weight is 288 g/mol. The molecule has 2 heterocycles. The number of rotatable bonds is 1. The third-order valence-corrected chi connectivity index (χ3v) is 3.80. The lowest BCUT2D eigenvalue weighted by Crippen LogP contribution is -2.01. The van der Waals surface area contributed by atoms with E-state index in [9.17, 15) is 4.39 Å². The smallest absolute Gasteiger partial charge is 0.150 e. The van der Waals surface area contributed by atoms with Crippen molar-refractivity contribution >= 4 is 23.1 Å². The van der Waals surface area contributed by atoms with Gasteiger partial charge in [-0.1, -0.05) is 12.2 Å². The number of fused-ring (bicyclic) bond motifs is 1. The summed E-state index contributed by atoms with van der Waals surface area (Å²) in [6.45, 7) is 3.89. The molecule has 0 spiro atoms. The van der Waals surface area contributed by atoms with Crippen LogP contribution in [0, 0.1) is 24.3 Å². The van der Waals surface area contributed by atoms with Crippen LogP contribution in [0.5, 0.6) is 0 Å². The molecular weight excluding hydrogens is 275 g/mol. The van der Waals surface area contributed by atoms with Crippen molar-refractivity contribution in [2.75, 3.05) is 0 Å². The molecule has 20 heavy (non-hydrogen) atoms. The first-order valence-electron chi connectivity index (χ1n) is 6.18. The summed E-state index contributed by atoms with van der Waals surface area (Å²) in [5.41, 5.74) is 3.37. The zero-order valence-electron chi connectivity index (χ0n) is 11.4. The van der Waals surface area contributed by atoms with Gasteiger partial charge < -0.3 is 0 Å². The van der Waals surface area contributed by atoms with Crippen molar-refractivity contribution in [3.8, 4) is 5.69 Å². The topological polar surface area (TPSA) is 35.6 Å². The van der Waals surface area contributed by atoms with Crippen molar-refractivity contribution in [3.05, 3.63) is 46.1 Å². The van der Waals surface area contributed by atoms with E-state index >= 15 is 0 Å². The summed E-state index contributed by atoms with van der Waals surface area (Å²) >= 11 is 5.36. The quantitative estimate of drug-likeness (QED) is 0.645. The molecule has 1 aromatic carbocycles. The van der Waals surface area contributed by atoms with Crippen LogP contribution in [0.4, 0.5) is 4.39 Å². The molecule has 0 saturated carbocycles. The Balaban J connectivity index is 2.36. The standard InChI is InChI=1S/C14H13FN4S/c1-8-12-9(2)19(11-6-4-10(15)5-7-11)17-13(12)14(20)18(3)16-8/h4-7H,1-3H3. The maximum atomic E-state index is 13.0. The zero-order chi connectivity index (χ0) is 14.4. The van der Waals surface area contributed by atoms with Crippen molar-refractivity contribution in [1.82, 2.24) is 19.6 Å². The fourth-order valence-electron chi connectivity index (χ4n) is 2.39. The molecule has 4 nitrogen and oxygen atoms in total. The SMILES string of the molecule is Cc1nn(C)c(=S)c2nn(-c3ccc(F)cc3)c(C)c12. The lowest BCUT2D eigenvalue weighted by Gasteiger charge is -2.04. The van der Waals surface area contributed by atoms with Gasteiger partial charge in [-0.25, -0.2) is 9.07 Å². The van der Waals surface area contributed by atoms with E-state index in [1.807, 2.05) is 13.8 Å². The Morgan fingerprint density at radius 1 is 1.10 bits per heavy atom. The van der Waals surface area contributed by atoms with Gasteiger partial charge in [-0.3, -0.25) is 4.68 Å². The second-order valence-corrected chi connectivity index (χ2v) is 5.10. The van der Waals surface area contributed by atoms with Crippen molar-refractivity contribution < 1.29 is 4.39 Å². The van der Waals surface area contributed by atoms with Gasteiger partial charge >= 0.3 is 0 Å². The molecular formula is C14H13FN4S. The van der Waals surface area contributed by atoms with Crippen LogP contribution < -0.4 is 0 Å². The Morgan fingerprint density at radius 2 is 1.75 bits per heavy atom.